The van der Waals surface area contributed by atoms with Crippen LogP contribution in [0.2, 0.25) is 0 Å². The summed E-state index contributed by atoms with van der Waals surface area (Å²) in [5.74, 6) is -0.736. The first-order chi connectivity index (χ1) is 7.10. The summed E-state index contributed by atoms with van der Waals surface area (Å²) in [5, 5.41) is 12.4. The van der Waals surface area contributed by atoms with Crippen molar-refractivity contribution in [1.82, 2.24) is 10.2 Å². The van der Waals surface area contributed by atoms with Crippen LogP contribution < -0.4 is 5.32 Å². The summed E-state index contributed by atoms with van der Waals surface area (Å²) < 4.78 is 0. The molecule has 0 radical (unpaired) electrons. The van der Waals surface area contributed by atoms with Crippen molar-refractivity contribution < 1.29 is 9.90 Å². The van der Waals surface area contributed by atoms with Crippen molar-refractivity contribution in [3.63, 3.8) is 0 Å². The van der Waals surface area contributed by atoms with Crippen molar-refractivity contribution in [2.75, 3.05) is 26.7 Å². The van der Waals surface area contributed by atoms with Crippen LogP contribution in [0.3, 0.4) is 0 Å². The lowest BCUT2D eigenvalue weighted by atomic mass is 9.90. The van der Waals surface area contributed by atoms with E-state index in [1.165, 1.54) is 0 Å². The number of hydrogen-bond donors (Lipinski definition) is 2. The summed E-state index contributed by atoms with van der Waals surface area (Å²) in [6.45, 7) is 5.97. The van der Waals surface area contributed by atoms with E-state index >= 15 is 0 Å². The first-order valence-electron chi connectivity index (χ1n) is 5.38. The zero-order chi connectivity index (χ0) is 11.3. The lowest BCUT2D eigenvalue weighted by Gasteiger charge is -2.28. The SMILES string of the molecule is C=CCNC1(C(=O)O)CCCN(C)CC1. The van der Waals surface area contributed by atoms with Gasteiger partial charge in [-0.05, 0) is 32.9 Å². The van der Waals surface area contributed by atoms with E-state index in [9.17, 15) is 9.90 Å². The van der Waals surface area contributed by atoms with Gasteiger partial charge in [-0.2, -0.15) is 0 Å². The highest BCUT2D eigenvalue weighted by Crippen LogP contribution is 2.22. The molecule has 0 aliphatic carbocycles. The standard InChI is InChI=1S/C11H20N2O2/c1-3-7-12-11(10(14)15)5-4-8-13(2)9-6-11/h3,12H,1,4-9H2,2H3,(H,14,15). The van der Waals surface area contributed by atoms with E-state index in [0.717, 1.165) is 19.5 Å². The molecule has 1 aliphatic rings. The van der Waals surface area contributed by atoms with Gasteiger partial charge in [-0.3, -0.25) is 10.1 Å². The van der Waals surface area contributed by atoms with Crippen molar-refractivity contribution in [1.29, 1.82) is 0 Å². The van der Waals surface area contributed by atoms with Crippen LogP contribution in [-0.2, 0) is 4.79 Å². The molecule has 0 aromatic heterocycles. The second-order valence-corrected chi connectivity index (χ2v) is 4.21. The highest BCUT2D eigenvalue weighted by molar-refractivity contribution is 5.78. The Balaban J connectivity index is 2.70. The Morgan fingerprint density at radius 1 is 1.60 bits per heavy atom. The number of nitrogens with one attached hydrogen (secondary N) is 1. The minimum absolute atomic E-state index is 0.552. The Morgan fingerprint density at radius 3 is 2.93 bits per heavy atom. The molecule has 1 unspecified atom stereocenters. The van der Waals surface area contributed by atoms with Crippen LogP contribution in [0.4, 0.5) is 0 Å². The molecule has 0 spiro atoms. The van der Waals surface area contributed by atoms with Crippen molar-refractivity contribution in [3.8, 4) is 0 Å². The Bertz CT molecular complexity index is 243. The third-order valence-corrected chi connectivity index (χ3v) is 3.06. The summed E-state index contributed by atoms with van der Waals surface area (Å²) in [6, 6.07) is 0. The zero-order valence-corrected chi connectivity index (χ0v) is 9.33. The van der Waals surface area contributed by atoms with Crippen molar-refractivity contribution in [2.45, 2.75) is 24.8 Å². The number of aliphatic carboxylic acids is 1. The number of likely N-dealkylation sites (tertiary alicyclic amines) is 1. The van der Waals surface area contributed by atoms with Crippen molar-refractivity contribution in [2.24, 2.45) is 0 Å². The summed E-state index contributed by atoms with van der Waals surface area (Å²) in [4.78, 5) is 13.5. The lowest BCUT2D eigenvalue weighted by Crippen LogP contribution is -2.52. The molecule has 1 saturated heterocycles. The molecule has 1 aliphatic heterocycles. The van der Waals surface area contributed by atoms with Crippen LogP contribution in [0, 0.1) is 0 Å². The smallest absolute Gasteiger partial charge is 0.323 e. The predicted octanol–water partition coefficient (Wildman–Crippen LogP) is 0.701. The van der Waals surface area contributed by atoms with Crippen LogP contribution in [0.25, 0.3) is 0 Å². The highest BCUT2D eigenvalue weighted by atomic mass is 16.4. The third-order valence-electron chi connectivity index (χ3n) is 3.06. The molecule has 86 valence electrons. The summed E-state index contributed by atoms with van der Waals surface area (Å²) in [6.07, 6.45) is 3.99. The molecular formula is C11H20N2O2. The molecule has 1 atom stereocenters. The second kappa shape index (κ2) is 5.28. The molecule has 0 bridgehead atoms. The van der Waals surface area contributed by atoms with Gasteiger partial charge in [-0.1, -0.05) is 6.08 Å². The normalized spacial score (nSPS) is 28.3. The van der Waals surface area contributed by atoms with Crippen LogP contribution in [0.5, 0.6) is 0 Å². The number of carboxylic acid groups (broad SMARTS) is 1. The Labute approximate surface area is 91.0 Å². The quantitative estimate of drug-likeness (QED) is 0.674. The number of hydrogen-bond acceptors (Lipinski definition) is 3. The molecule has 0 saturated carbocycles. The van der Waals surface area contributed by atoms with Gasteiger partial charge < -0.3 is 10.0 Å². The fourth-order valence-corrected chi connectivity index (χ4v) is 2.00. The van der Waals surface area contributed by atoms with Gasteiger partial charge in [-0.25, -0.2) is 0 Å². The summed E-state index contributed by atoms with van der Waals surface area (Å²) in [7, 11) is 2.03. The van der Waals surface area contributed by atoms with E-state index in [2.05, 4.69) is 16.8 Å². The van der Waals surface area contributed by atoms with E-state index in [0.29, 0.717) is 19.4 Å². The third kappa shape index (κ3) is 3.04. The lowest BCUT2D eigenvalue weighted by molar-refractivity contribution is -0.145. The van der Waals surface area contributed by atoms with Crippen LogP contribution >= 0.6 is 0 Å². The highest BCUT2D eigenvalue weighted by Gasteiger charge is 2.38. The first kappa shape index (κ1) is 12.2. The number of carboxylic acids is 1. The topological polar surface area (TPSA) is 52.6 Å². The predicted molar refractivity (Wildman–Crippen MR) is 59.9 cm³/mol. The number of rotatable bonds is 4. The molecule has 1 rings (SSSR count). The van der Waals surface area contributed by atoms with Gasteiger partial charge in [0.25, 0.3) is 0 Å². The summed E-state index contributed by atoms with van der Waals surface area (Å²) >= 11 is 0. The number of carbonyl (C=O) groups is 1. The minimum atomic E-state index is -0.751. The van der Waals surface area contributed by atoms with E-state index in [-0.39, 0.29) is 0 Å². The number of nitrogens with zero attached hydrogens (tertiary/aromatic N) is 1. The van der Waals surface area contributed by atoms with Gasteiger partial charge in [0.1, 0.15) is 5.54 Å². The second-order valence-electron chi connectivity index (χ2n) is 4.21. The molecule has 4 nitrogen and oxygen atoms in total. The van der Waals surface area contributed by atoms with Crippen LogP contribution in [0.15, 0.2) is 12.7 Å². The van der Waals surface area contributed by atoms with E-state index < -0.39 is 11.5 Å². The monoisotopic (exact) mass is 212 g/mol. The fraction of sp³-hybridized carbons (Fsp3) is 0.727. The first-order valence-corrected chi connectivity index (χ1v) is 5.38. The maximum absolute atomic E-state index is 11.3. The van der Waals surface area contributed by atoms with Crippen LogP contribution in [-0.4, -0.2) is 48.2 Å². The van der Waals surface area contributed by atoms with E-state index in [4.69, 9.17) is 0 Å². The summed E-state index contributed by atoms with van der Waals surface area (Å²) in [5.41, 5.74) is -0.751. The zero-order valence-electron chi connectivity index (χ0n) is 9.33. The Kier molecular flexibility index (Phi) is 4.29. The van der Waals surface area contributed by atoms with Crippen molar-refractivity contribution in [3.05, 3.63) is 12.7 Å². The van der Waals surface area contributed by atoms with Crippen LogP contribution in [0.1, 0.15) is 19.3 Å². The fourth-order valence-electron chi connectivity index (χ4n) is 2.00. The molecule has 4 heteroatoms. The van der Waals surface area contributed by atoms with Gasteiger partial charge in [0, 0.05) is 13.1 Å². The average Bonchev–Trinajstić information content (AvgIpc) is 2.39. The maximum atomic E-state index is 11.3. The molecule has 1 heterocycles. The molecule has 0 aromatic rings. The Morgan fingerprint density at radius 2 is 2.33 bits per heavy atom. The van der Waals surface area contributed by atoms with Gasteiger partial charge in [0.2, 0.25) is 0 Å². The molecule has 0 amide bonds. The molecule has 0 aromatic carbocycles. The van der Waals surface area contributed by atoms with E-state index in [1.807, 2.05) is 7.05 Å². The van der Waals surface area contributed by atoms with Gasteiger partial charge in [0.05, 0.1) is 0 Å². The molecular weight excluding hydrogens is 192 g/mol. The van der Waals surface area contributed by atoms with Gasteiger partial charge in [-0.15, -0.1) is 6.58 Å². The Hall–Kier alpha value is -0.870. The molecule has 2 N–H and O–H groups in total. The van der Waals surface area contributed by atoms with E-state index in [1.54, 1.807) is 6.08 Å². The van der Waals surface area contributed by atoms with Gasteiger partial charge in [0.15, 0.2) is 0 Å². The minimum Gasteiger partial charge on any atom is -0.480 e. The van der Waals surface area contributed by atoms with Gasteiger partial charge >= 0.3 is 5.97 Å². The largest absolute Gasteiger partial charge is 0.480 e. The molecule has 1 fully saturated rings. The maximum Gasteiger partial charge on any atom is 0.323 e. The molecule has 15 heavy (non-hydrogen) atoms. The van der Waals surface area contributed by atoms with Crippen molar-refractivity contribution >= 4 is 5.97 Å². The average molecular weight is 212 g/mol.